The van der Waals surface area contributed by atoms with Gasteiger partial charge in [0.2, 0.25) is 6.23 Å². The van der Waals surface area contributed by atoms with Gasteiger partial charge in [-0.25, -0.2) is 4.79 Å². The summed E-state index contributed by atoms with van der Waals surface area (Å²) < 4.78 is 12.0. The monoisotopic (exact) mass is 322 g/mol. The van der Waals surface area contributed by atoms with Gasteiger partial charge in [0, 0.05) is 23.1 Å². The van der Waals surface area contributed by atoms with Crippen LogP contribution in [0.2, 0.25) is 0 Å². The normalized spacial score (nSPS) is 24.7. The Labute approximate surface area is 129 Å². The molecule has 23 heavy (non-hydrogen) atoms. The van der Waals surface area contributed by atoms with Crippen LogP contribution in [0, 0.1) is 18.3 Å². The number of nitrogens with zero attached hydrogens (tertiary/aromatic N) is 5. The van der Waals surface area contributed by atoms with Crippen molar-refractivity contribution in [2.45, 2.75) is 38.0 Å². The number of aliphatic hydroxyl groups excluding tert-OH is 1. The molecule has 11 heteroatoms. The second kappa shape index (κ2) is 7.08. The molecule has 4 atom stereocenters. The van der Waals surface area contributed by atoms with Gasteiger partial charge in [0.05, 0.1) is 12.7 Å². The molecule has 0 saturated carbocycles. The van der Waals surface area contributed by atoms with Crippen LogP contribution < -0.4 is 11.2 Å². The van der Waals surface area contributed by atoms with Crippen molar-refractivity contribution in [2.24, 2.45) is 5.11 Å². The van der Waals surface area contributed by atoms with Crippen LogP contribution in [0.1, 0.15) is 18.2 Å². The number of hydrogen-bond donors (Lipinski definition) is 2. The molecule has 0 amide bonds. The lowest BCUT2D eigenvalue weighted by molar-refractivity contribution is -0.0708. The first-order valence-corrected chi connectivity index (χ1v) is 6.67. The maximum Gasteiger partial charge on any atom is 0.330 e. The molecule has 1 unspecified atom stereocenters. The van der Waals surface area contributed by atoms with Crippen molar-refractivity contribution in [3.05, 3.63) is 43.0 Å². The van der Waals surface area contributed by atoms with E-state index in [9.17, 15) is 14.7 Å². The van der Waals surface area contributed by atoms with E-state index in [1.165, 1.54) is 17.7 Å². The average Bonchev–Trinajstić information content (AvgIpc) is 2.93. The number of azide groups is 1. The van der Waals surface area contributed by atoms with Gasteiger partial charge in [-0.15, -0.1) is 0 Å². The van der Waals surface area contributed by atoms with Crippen molar-refractivity contribution < 1.29 is 14.6 Å². The first-order chi connectivity index (χ1) is 11.0. The molecule has 2 heterocycles. The van der Waals surface area contributed by atoms with Gasteiger partial charge in [0.15, 0.2) is 0 Å². The van der Waals surface area contributed by atoms with Crippen molar-refractivity contribution >= 4 is 0 Å². The molecule has 1 aliphatic rings. The molecule has 0 aliphatic carbocycles. The number of hydrogen-bond acceptors (Lipinski definition) is 7. The summed E-state index contributed by atoms with van der Waals surface area (Å²) in [6, 6.07) is 1.66. The molecule has 0 aromatic carbocycles. The predicted molar refractivity (Wildman–Crippen MR) is 75.1 cm³/mol. The van der Waals surface area contributed by atoms with Crippen molar-refractivity contribution in [1.82, 2.24) is 9.55 Å². The Morgan fingerprint density at radius 1 is 1.74 bits per heavy atom. The predicted octanol–water partition coefficient (Wildman–Crippen LogP) is -0.330. The molecule has 1 fully saturated rings. The highest BCUT2D eigenvalue weighted by atomic mass is 16.6. The smallest absolute Gasteiger partial charge is 0.330 e. The van der Waals surface area contributed by atoms with E-state index in [1.54, 1.807) is 6.07 Å². The molecule has 0 radical (unpaired) electrons. The SMILES string of the molecule is Cc1cn([C@H]2C[C@@H](OC(C#N)N=[N+]=[N-])[C@@H](CO)O2)c(=O)[nH]c1=O. The Morgan fingerprint density at radius 2 is 2.48 bits per heavy atom. The van der Waals surface area contributed by atoms with Gasteiger partial charge < -0.3 is 14.6 Å². The molecule has 0 spiro atoms. The molecule has 1 aromatic heterocycles. The van der Waals surface area contributed by atoms with E-state index >= 15 is 0 Å². The highest BCUT2D eigenvalue weighted by molar-refractivity contribution is 5.02. The molecule has 1 aromatic rings. The zero-order valence-electron chi connectivity index (χ0n) is 12.1. The fourth-order valence-corrected chi connectivity index (χ4v) is 2.27. The van der Waals surface area contributed by atoms with Gasteiger partial charge in [-0.2, -0.15) is 5.26 Å². The Balaban J connectivity index is 2.23. The van der Waals surface area contributed by atoms with Gasteiger partial charge in [-0.3, -0.25) is 14.3 Å². The third-order valence-corrected chi connectivity index (χ3v) is 3.39. The van der Waals surface area contributed by atoms with Crippen molar-refractivity contribution in [3.8, 4) is 6.07 Å². The first kappa shape index (κ1) is 16.7. The molecule has 122 valence electrons. The summed E-state index contributed by atoms with van der Waals surface area (Å²) in [5.74, 6) is 0. The summed E-state index contributed by atoms with van der Waals surface area (Å²) >= 11 is 0. The van der Waals surface area contributed by atoms with Gasteiger partial charge in [0.25, 0.3) is 5.56 Å². The second-order valence-corrected chi connectivity index (χ2v) is 4.89. The third kappa shape index (κ3) is 3.58. The van der Waals surface area contributed by atoms with Crippen LogP contribution in [0.4, 0.5) is 0 Å². The van der Waals surface area contributed by atoms with E-state index in [-0.39, 0.29) is 6.42 Å². The Hall–Kier alpha value is -2.64. The largest absolute Gasteiger partial charge is 0.394 e. The molecule has 1 aliphatic heterocycles. The van der Waals surface area contributed by atoms with Crippen molar-refractivity contribution in [2.75, 3.05) is 6.61 Å². The van der Waals surface area contributed by atoms with E-state index in [0.717, 1.165) is 0 Å². The highest BCUT2D eigenvalue weighted by Gasteiger charge is 2.38. The number of H-pyrrole nitrogens is 1. The Morgan fingerprint density at radius 3 is 3.09 bits per heavy atom. The number of aromatic nitrogens is 2. The van der Waals surface area contributed by atoms with Crippen molar-refractivity contribution in [3.63, 3.8) is 0 Å². The quantitative estimate of drug-likeness (QED) is 0.427. The van der Waals surface area contributed by atoms with Gasteiger partial charge in [0.1, 0.15) is 18.4 Å². The summed E-state index contributed by atoms with van der Waals surface area (Å²) in [4.78, 5) is 27.9. The second-order valence-electron chi connectivity index (χ2n) is 4.89. The van der Waals surface area contributed by atoms with Crippen molar-refractivity contribution in [1.29, 1.82) is 5.26 Å². The van der Waals surface area contributed by atoms with Crippen LogP contribution in [0.3, 0.4) is 0 Å². The van der Waals surface area contributed by atoms with Crippen LogP contribution in [-0.4, -0.2) is 39.7 Å². The standard InChI is InChI=1S/C12H14N6O5/c1-6-4-18(12(21)15-11(6)20)10-2-7(8(5-19)23-10)22-9(3-13)16-17-14/h4,7-10,19H,2,5H2,1H3,(H,15,20,21)/t7-,8-,9?,10-/m1/s1. The molecular formula is C12H14N6O5. The van der Waals surface area contributed by atoms with Crippen LogP contribution in [0.15, 0.2) is 20.9 Å². The fraction of sp³-hybridized carbons (Fsp3) is 0.583. The van der Waals surface area contributed by atoms with Crippen LogP contribution in [0.25, 0.3) is 10.4 Å². The number of nitrogens with one attached hydrogen (secondary N) is 1. The van der Waals surface area contributed by atoms with Crippen LogP contribution in [-0.2, 0) is 9.47 Å². The number of aromatic amines is 1. The number of rotatable bonds is 5. The Bertz CT molecular complexity index is 773. The maximum atomic E-state index is 11.9. The average molecular weight is 322 g/mol. The minimum atomic E-state index is -1.37. The first-order valence-electron chi connectivity index (χ1n) is 6.67. The fourth-order valence-electron chi connectivity index (χ4n) is 2.27. The molecule has 2 N–H and O–H groups in total. The van der Waals surface area contributed by atoms with Crippen LogP contribution in [0.5, 0.6) is 0 Å². The van der Waals surface area contributed by atoms with E-state index in [2.05, 4.69) is 15.0 Å². The Kier molecular flexibility index (Phi) is 5.15. The number of aryl methyl sites for hydroxylation is 1. The molecule has 2 rings (SSSR count). The topological polar surface area (TPSA) is 166 Å². The number of nitriles is 1. The van der Waals surface area contributed by atoms with E-state index in [0.29, 0.717) is 5.56 Å². The lowest BCUT2D eigenvalue weighted by Gasteiger charge is -2.17. The molecular weight excluding hydrogens is 308 g/mol. The highest BCUT2D eigenvalue weighted by Crippen LogP contribution is 2.30. The van der Waals surface area contributed by atoms with Gasteiger partial charge in [-0.1, -0.05) is 0 Å². The number of aliphatic hydroxyl groups is 1. The van der Waals surface area contributed by atoms with E-state index in [1.807, 2.05) is 0 Å². The molecule has 0 bridgehead atoms. The third-order valence-electron chi connectivity index (χ3n) is 3.39. The summed E-state index contributed by atoms with van der Waals surface area (Å²) in [7, 11) is 0. The zero-order chi connectivity index (χ0) is 17.0. The van der Waals surface area contributed by atoms with E-state index in [4.69, 9.17) is 20.3 Å². The lowest BCUT2D eigenvalue weighted by Crippen LogP contribution is -2.33. The lowest BCUT2D eigenvalue weighted by atomic mass is 10.2. The summed E-state index contributed by atoms with van der Waals surface area (Å²) in [6.07, 6.45) is -2.22. The molecule has 1 saturated heterocycles. The zero-order valence-corrected chi connectivity index (χ0v) is 12.1. The van der Waals surface area contributed by atoms with Crippen LogP contribution >= 0.6 is 0 Å². The van der Waals surface area contributed by atoms with Gasteiger partial charge >= 0.3 is 5.69 Å². The minimum Gasteiger partial charge on any atom is -0.394 e. The minimum absolute atomic E-state index is 0.135. The molecule has 11 nitrogen and oxygen atoms in total. The summed E-state index contributed by atoms with van der Waals surface area (Å²) in [5.41, 5.74) is 7.52. The van der Waals surface area contributed by atoms with E-state index < -0.39 is 42.5 Å². The maximum absolute atomic E-state index is 11.9. The summed E-state index contributed by atoms with van der Waals surface area (Å²) in [5, 5.41) is 21.3. The van der Waals surface area contributed by atoms with Gasteiger partial charge in [-0.05, 0) is 17.6 Å². The number of ether oxygens (including phenoxy) is 2. The summed E-state index contributed by atoms with van der Waals surface area (Å²) in [6.45, 7) is 1.13.